The van der Waals surface area contributed by atoms with Crippen LogP contribution < -0.4 is 4.90 Å². The van der Waals surface area contributed by atoms with Gasteiger partial charge in [-0.3, -0.25) is 0 Å². The Morgan fingerprint density at radius 1 is 1.12 bits per heavy atom. The van der Waals surface area contributed by atoms with Gasteiger partial charge in [0, 0.05) is 45.1 Å². The number of nitrogens with zero attached hydrogens (tertiary/aromatic N) is 3. The lowest BCUT2D eigenvalue weighted by atomic mass is 10.1. The Morgan fingerprint density at radius 3 is 2.56 bits per heavy atom. The summed E-state index contributed by atoms with van der Waals surface area (Å²) in [6, 6.07) is 15.4. The van der Waals surface area contributed by atoms with E-state index in [1.165, 1.54) is 5.56 Å². The fourth-order valence-electron chi connectivity index (χ4n) is 2.75. The lowest BCUT2D eigenvalue weighted by molar-refractivity contribution is 0.0696. The summed E-state index contributed by atoms with van der Waals surface area (Å²) in [6.45, 7) is 0.603. The van der Waals surface area contributed by atoms with E-state index in [1.54, 1.807) is 24.4 Å². The van der Waals surface area contributed by atoms with Crippen molar-refractivity contribution in [1.29, 1.82) is 0 Å². The van der Waals surface area contributed by atoms with Crippen molar-refractivity contribution in [2.75, 3.05) is 19.0 Å². The van der Waals surface area contributed by atoms with Gasteiger partial charge >= 0.3 is 5.97 Å². The number of benzene rings is 2. The molecular weight excluding hydrogens is 314 g/mol. The van der Waals surface area contributed by atoms with Crippen LogP contribution in [0.1, 0.15) is 27.3 Å². The number of carboxylic acids is 1. The third-order valence-corrected chi connectivity index (χ3v) is 4.14. The monoisotopic (exact) mass is 335 g/mol. The van der Waals surface area contributed by atoms with Crippen molar-refractivity contribution >= 4 is 11.7 Å². The number of rotatable bonds is 6. The van der Waals surface area contributed by atoms with E-state index in [9.17, 15) is 4.79 Å². The molecule has 0 amide bonds. The van der Waals surface area contributed by atoms with Gasteiger partial charge in [0.25, 0.3) is 0 Å². The van der Waals surface area contributed by atoms with Crippen LogP contribution in [0.15, 0.2) is 60.9 Å². The number of aromatic carboxylic acids is 1. The second-order valence-corrected chi connectivity index (χ2v) is 6.21. The maximum Gasteiger partial charge on any atom is 0.335 e. The second kappa shape index (κ2) is 7.21. The van der Waals surface area contributed by atoms with E-state index >= 15 is 0 Å². The predicted octanol–water partition coefficient (Wildman–Crippen LogP) is 3.29. The van der Waals surface area contributed by atoms with Gasteiger partial charge in [-0.25, -0.2) is 9.78 Å². The molecule has 3 rings (SSSR count). The zero-order valence-electron chi connectivity index (χ0n) is 14.4. The van der Waals surface area contributed by atoms with Gasteiger partial charge < -0.3 is 14.6 Å². The molecule has 2 aromatic carbocycles. The van der Waals surface area contributed by atoms with Gasteiger partial charge in [0.05, 0.1) is 5.56 Å². The van der Waals surface area contributed by atoms with E-state index in [1.807, 2.05) is 26.4 Å². The number of anilines is 1. The third kappa shape index (κ3) is 4.07. The minimum Gasteiger partial charge on any atom is -0.478 e. The average molecular weight is 335 g/mol. The Bertz CT molecular complexity index is 867. The van der Waals surface area contributed by atoms with Crippen LogP contribution in [0.3, 0.4) is 0 Å². The molecule has 5 heteroatoms. The quantitative estimate of drug-likeness (QED) is 0.751. The van der Waals surface area contributed by atoms with Crippen molar-refractivity contribution < 1.29 is 9.90 Å². The number of hydrogen-bond acceptors (Lipinski definition) is 3. The van der Waals surface area contributed by atoms with E-state index in [2.05, 4.69) is 38.7 Å². The Labute approximate surface area is 147 Å². The van der Waals surface area contributed by atoms with Crippen molar-refractivity contribution in [3.8, 4) is 0 Å². The summed E-state index contributed by atoms with van der Waals surface area (Å²) in [4.78, 5) is 17.6. The Morgan fingerprint density at radius 2 is 1.88 bits per heavy atom. The van der Waals surface area contributed by atoms with Crippen LogP contribution in [0.2, 0.25) is 0 Å². The molecule has 0 saturated heterocycles. The summed E-state index contributed by atoms with van der Waals surface area (Å²) in [7, 11) is 4.04. The number of carboxylic acid groups (broad SMARTS) is 1. The van der Waals surface area contributed by atoms with E-state index in [0.717, 1.165) is 23.5 Å². The normalized spacial score (nSPS) is 10.6. The van der Waals surface area contributed by atoms with Gasteiger partial charge in [0.2, 0.25) is 0 Å². The predicted molar refractivity (Wildman–Crippen MR) is 98.3 cm³/mol. The highest BCUT2D eigenvalue weighted by Crippen LogP contribution is 2.16. The van der Waals surface area contributed by atoms with Crippen LogP contribution >= 0.6 is 0 Å². The minimum atomic E-state index is -0.909. The standard InChI is InChI=1S/C20H21N3O2/c1-22(2)18-8-6-15(7-9-18)13-19-21-10-11-23(19)14-16-4-3-5-17(12-16)20(24)25/h3-12H,13-14H2,1-2H3,(H,24,25). The molecule has 0 spiro atoms. The van der Waals surface area contributed by atoms with E-state index in [4.69, 9.17) is 5.11 Å². The first kappa shape index (κ1) is 16.8. The average Bonchev–Trinajstić information content (AvgIpc) is 3.02. The lowest BCUT2D eigenvalue weighted by Gasteiger charge is -2.13. The molecule has 0 fully saturated rings. The maximum absolute atomic E-state index is 11.1. The molecule has 0 bridgehead atoms. The van der Waals surface area contributed by atoms with Gasteiger partial charge in [-0.1, -0.05) is 24.3 Å². The SMILES string of the molecule is CN(C)c1ccc(Cc2nccn2Cc2cccc(C(=O)O)c2)cc1. The molecule has 25 heavy (non-hydrogen) atoms. The summed E-state index contributed by atoms with van der Waals surface area (Å²) in [5, 5.41) is 9.12. The highest BCUT2D eigenvalue weighted by Gasteiger charge is 2.08. The van der Waals surface area contributed by atoms with E-state index in [-0.39, 0.29) is 0 Å². The largest absolute Gasteiger partial charge is 0.478 e. The van der Waals surface area contributed by atoms with Crippen LogP contribution in [-0.2, 0) is 13.0 Å². The first-order chi connectivity index (χ1) is 12.0. The summed E-state index contributed by atoms with van der Waals surface area (Å²) >= 11 is 0. The number of imidazole rings is 1. The number of hydrogen-bond donors (Lipinski definition) is 1. The molecule has 0 radical (unpaired) electrons. The molecule has 1 heterocycles. The second-order valence-electron chi connectivity index (χ2n) is 6.21. The van der Waals surface area contributed by atoms with Gasteiger partial charge in [-0.15, -0.1) is 0 Å². The van der Waals surface area contributed by atoms with Crippen molar-refractivity contribution in [3.05, 3.63) is 83.4 Å². The molecule has 0 unspecified atom stereocenters. The molecule has 0 aliphatic carbocycles. The molecule has 128 valence electrons. The molecule has 5 nitrogen and oxygen atoms in total. The Balaban J connectivity index is 1.76. The molecule has 0 aliphatic rings. The number of aromatic nitrogens is 2. The van der Waals surface area contributed by atoms with Gasteiger partial charge in [-0.2, -0.15) is 0 Å². The summed E-state index contributed by atoms with van der Waals surface area (Å²) in [5.74, 6) is 0.0482. The summed E-state index contributed by atoms with van der Waals surface area (Å²) in [6.07, 6.45) is 4.45. The molecule has 1 N–H and O–H groups in total. The van der Waals surface area contributed by atoms with E-state index in [0.29, 0.717) is 12.1 Å². The fraction of sp³-hybridized carbons (Fsp3) is 0.200. The van der Waals surface area contributed by atoms with Gasteiger partial charge in [0.1, 0.15) is 5.82 Å². The summed E-state index contributed by atoms with van der Waals surface area (Å²) < 4.78 is 2.06. The van der Waals surface area contributed by atoms with Crippen LogP contribution in [0, 0.1) is 0 Å². The van der Waals surface area contributed by atoms with Crippen LogP contribution in [0.5, 0.6) is 0 Å². The van der Waals surface area contributed by atoms with Gasteiger partial charge in [-0.05, 0) is 35.4 Å². The fourth-order valence-corrected chi connectivity index (χ4v) is 2.75. The van der Waals surface area contributed by atoms with Gasteiger partial charge in [0.15, 0.2) is 0 Å². The molecule has 3 aromatic rings. The molecule has 0 atom stereocenters. The minimum absolute atomic E-state index is 0.304. The topological polar surface area (TPSA) is 58.4 Å². The van der Waals surface area contributed by atoms with Crippen molar-refractivity contribution in [3.63, 3.8) is 0 Å². The van der Waals surface area contributed by atoms with Crippen LogP contribution in [0.25, 0.3) is 0 Å². The highest BCUT2D eigenvalue weighted by molar-refractivity contribution is 5.87. The number of carbonyl (C=O) groups is 1. The van der Waals surface area contributed by atoms with Crippen molar-refractivity contribution in [2.24, 2.45) is 0 Å². The Kier molecular flexibility index (Phi) is 4.84. The first-order valence-corrected chi connectivity index (χ1v) is 8.11. The lowest BCUT2D eigenvalue weighted by Crippen LogP contribution is -2.09. The van der Waals surface area contributed by atoms with E-state index < -0.39 is 5.97 Å². The zero-order valence-corrected chi connectivity index (χ0v) is 14.4. The maximum atomic E-state index is 11.1. The first-order valence-electron chi connectivity index (χ1n) is 8.11. The molecule has 1 aromatic heterocycles. The molecule has 0 aliphatic heterocycles. The highest BCUT2D eigenvalue weighted by atomic mass is 16.4. The van der Waals surface area contributed by atoms with Crippen molar-refractivity contribution in [2.45, 2.75) is 13.0 Å². The molecule has 0 saturated carbocycles. The van der Waals surface area contributed by atoms with Crippen molar-refractivity contribution in [1.82, 2.24) is 9.55 Å². The molecular formula is C20H21N3O2. The zero-order chi connectivity index (χ0) is 17.8. The summed E-state index contributed by atoms with van der Waals surface area (Å²) in [5.41, 5.74) is 3.61. The van der Waals surface area contributed by atoms with Crippen LogP contribution in [-0.4, -0.2) is 34.7 Å². The van der Waals surface area contributed by atoms with Crippen LogP contribution in [0.4, 0.5) is 5.69 Å². The third-order valence-electron chi connectivity index (χ3n) is 4.14. The smallest absolute Gasteiger partial charge is 0.335 e. The Hall–Kier alpha value is -3.08.